The highest BCUT2D eigenvalue weighted by Crippen LogP contribution is 2.22. The van der Waals surface area contributed by atoms with Crippen molar-refractivity contribution >= 4 is 17.7 Å². The van der Waals surface area contributed by atoms with Crippen LogP contribution in [-0.2, 0) is 9.53 Å². The van der Waals surface area contributed by atoms with E-state index in [1.165, 1.54) is 18.2 Å². The molecule has 1 saturated carbocycles. The molecule has 0 radical (unpaired) electrons. The fourth-order valence-electron chi connectivity index (χ4n) is 2.16. The third-order valence-electron chi connectivity index (χ3n) is 3.12. The standard InChI is InChI=1S/C14H15NO4/c16-14(19-12-6-2-3-7-12)10-9-11-5-1-4-8-13(11)15(17)18/h1,4-5,8-10,12H,2-3,6-7H2. The monoisotopic (exact) mass is 261 g/mol. The highest BCUT2D eigenvalue weighted by molar-refractivity contribution is 5.88. The lowest BCUT2D eigenvalue weighted by molar-refractivity contribution is -0.385. The van der Waals surface area contributed by atoms with Crippen LogP contribution in [-0.4, -0.2) is 17.0 Å². The molecule has 2 rings (SSSR count). The van der Waals surface area contributed by atoms with Crippen molar-refractivity contribution in [2.24, 2.45) is 0 Å². The molecule has 0 atom stereocenters. The van der Waals surface area contributed by atoms with E-state index in [1.807, 2.05) is 0 Å². The Labute approximate surface area is 111 Å². The van der Waals surface area contributed by atoms with E-state index in [9.17, 15) is 14.9 Å². The van der Waals surface area contributed by atoms with Crippen LogP contribution in [0.25, 0.3) is 6.08 Å². The largest absolute Gasteiger partial charge is 0.459 e. The summed E-state index contributed by atoms with van der Waals surface area (Å²) in [7, 11) is 0. The SMILES string of the molecule is O=C(C=Cc1ccccc1[N+](=O)[O-])OC1CCCC1. The lowest BCUT2D eigenvalue weighted by atomic mass is 10.1. The van der Waals surface area contributed by atoms with Crippen LogP contribution in [0.1, 0.15) is 31.2 Å². The predicted molar refractivity (Wildman–Crippen MR) is 70.5 cm³/mol. The summed E-state index contributed by atoms with van der Waals surface area (Å²) in [5.74, 6) is -0.440. The molecular formula is C14H15NO4. The molecule has 0 bridgehead atoms. The zero-order valence-electron chi connectivity index (χ0n) is 10.5. The van der Waals surface area contributed by atoms with Gasteiger partial charge in [0.1, 0.15) is 6.10 Å². The van der Waals surface area contributed by atoms with Crippen molar-refractivity contribution in [3.05, 3.63) is 46.0 Å². The minimum atomic E-state index is -0.470. The molecule has 0 spiro atoms. The van der Waals surface area contributed by atoms with Gasteiger partial charge in [-0.15, -0.1) is 0 Å². The van der Waals surface area contributed by atoms with Gasteiger partial charge in [-0.3, -0.25) is 10.1 Å². The van der Waals surface area contributed by atoms with Gasteiger partial charge in [0.15, 0.2) is 0 Å². The maximum Gasteiger partial charge on any atom is 0.331 e. The number of carbonyl (C=O) groups is 1. The Morgan fingerprint density at radius 2 is 2.00 bits per heavy atom. The van der Waals surface area contributed by atoms with E-state index in [4.69, 9.17) is 4.74 Å². The molecule has 0 N–H and O–H groups in total. The highest BCUT2D eigenvalue weighted by atomic mass is 16.6. The Bertz CT molecular complexity index is 504. The third-order valence-corrected chi connectivity index (χ3v) is 3.12. The summed E-state index contributed by atoms with van der Waals surface area (Å²) in [6, 6.07) is 6.28. The lowest BCUT2D eigenvalue weighted by Gasteiger charge is -2.08. The number of esters is 1. The van der Waals surface area contributed by atoms with Crippen molar-refractivity contribution < 1.29 is 14.5 Å². The molecule has 1 aliphatic rings. The van der Waals surface area contributed by atoms with E-state index in [2.05, 4.69) is 0 Å². The highest BCUT2D eigenvalue weighted by Gasteiger charge is 2.18. The summed E-state index contributed by atoms with van der Waals surface area (Å²) in [5, 5.41) is 10.8. The number of para-hydroxylation sites is 1. The van der Waals surface area contributed by atoms with Crippen molar-refractivity contribution in [2.45, 2.75) is 31.8 Å². The number of hydrogen-bond donors (Lipinski definition) is 0. The molecule has 0 heterocycles. The first kappa shape index (κ1) is 13.3. The summed E-state index contributed by atoms with van der Waals surface area (Å²) in [6.07, 6.45) is 6.67. The molecule has 0 unspecified atom stereocenters. The van der Waals surface area contributed by atoms with Gasteiger partial charge in [-0.05, 0) is 37.8 Å². The van der Waals surface area contributed by atoms with E-state index in [0.717, 1.165) is 25.7 Å². The van der Waals surface area contributed by atoms with Crippen molar-refractivity contribution in [2.75, 3.05) is 0 Å². The fourth-order valence-corrected chi connectivity index (χ4v) is 2.16. The van der Waals surface area contributed by atoms with Crippen LogP contribution in [0.15, 0.2) is 30.3 Å². The Hall–Kier alpha value is -2.17. The molecule has 0 amide bonds. The van der Waals surface area contributed by atoms with E-state index < -0.39 is 10.9 Å². The van der Waals surface area contributed by atoms with Gasteiger partial charge in [-0.2, -0.15) is 0 Å². The van der Waals surface area contributed by atoms with Gasteiger partial charge in [-0.25, -0.2) is 4.79 Å². The van der Waals surface area contributed by atoms with Gasteiger partial charge in [0.2, 0.25) is 0 Å². The molecule has 1 aromatic carbocycles. The topological polar surface area (TPSA) is 69.4 Å². The number of carbonyl (C=O) groups excluding carboxylic acids is 1. The number of nitrogens with zero attached hydrogens (tertiary/aromatic N) is 1. The average molecular weight is 261 g/mol. The Morgan fingerprint density at radius 3 is 2.68 bits per heavy atom. The third kappa shape index (κ3) is 3.64. The zero-order valence-corrected chi connectivity index (χ0v) is 10.5. The van der Waals surface area contributed by atoms with Gasteiger partial charge < -0.3 is 4.74 Å². The van der Waals surface area contributed by atoms with Crippen molar-refractivity contribution in [3.63, 3.8) is 0 Å². The molecule has 5 heteroatoms. The maximum atomic E-state index is 11.6. The minimum Gasteiger partial charge on any atom is -0.459 e. The quantitative estimate of drug-likeness (QED) is 0.361. The molecule has 0 saturated heterocycles. The second-order valence-electron chi connectivity index (χ2n) is 4.49. The van der Waals surface area contributed by atoms with Gasteiger partial charge in [0.25, 0.3) is 5.69 Å². The number of benzene rings is 1. The lowest BCUT2D eigenvalue weighted by Crippen LogP contribution is -2.12. The van der Waals surface area contributed by atoms with Crippen molar-refractivity contribution in [3.8, 4) is 0 Å². The number of rotatable bonds is 4. The van der Waals surface area contributed by atoms with E-state index >= 15 is 0 Å². The molecule has 1 aliphatic carbocycles. The first-order chi connectivity index (χ1) is 9.16. The molecule has 0 aliphatic heterocycles. The second kappa shape index (κ2) is 6.13. The Morgan fingerprint density at radius 1 is 1.32 bits per heavy atom. The Kier molecular flexibility index (Phi) is 4.28. The van der Waals surface area contributed by atoms with E-state index in [1.54, 1.807) is 18.2 Å². The summed E-state index contributed by atoms with van der Waals surface area (Å²) in [5.41, 5.74) is 0.378. The summed E-state index contributed by atoms with van der Waals surface area (Å²) >= 11 is 0. The van der Waals surface area contributed by atoms with Crippen LogP contribution < -0.4 is 0 Å². The molecule has 19 heavy (non-hydrogen) atoms. The fraction of sp³-hybridized carbons (Fsp3) is 0.357. The van der Waals surface area contributed by atoms with Crippen molar-refractivity contribution in [1.82, 2.24) is 0 Å². The number of nitro groups is 1. The maximum absolute atomic E-state index is 11.6. The summed E-state index contributed by atoms with van der Waals surface area (Å²) < 4.78 is 5.24. The number of nitro benzene ring substituents is 1. The van der Waals surface area contributed by atoms with Crippen LogP contribution in [0.4, 0.5) is 5.69 Å². The zero-order chi connectivity index (χ0) is 13.7. The van der Waals surface area contributed by atoms with Crippen LogP contribution in [0.3, 0.4) is 0 Å². The van der Waals surface area contributed by atoms with Gasteiger partial charge in [-0.1, -0.05) is 12.1 Å². The van der Waals surface area contributed by atoms with E-state index in [0.29, 0.717) is 5.56 Å². The van der Waals surface area contributed by atoms with Crippen LogP contribution in [0, 0.1) is 10.1 Å². The predicted octanol–water partition coefficient (Wildman–Crippen LogP) is 3.09. The van der Waals surface area contributed by atoms with Crippen LogP contribution in [0.2, 0.25) is 0 Å². The van der Waals surface area contributed by atoms with Gasteiger partial charge in [0.05, 0.1) is 10.5 Å². The van der Waals surface area contributed by atoms with Crippen LogP contribution >= 0.6 is 0 Å². The molecule has 1 aromatic rings. The number of ether oxygens (including phenoxy) is 1. The smallest absolute Gasteiger partial charge is 0.331 e. The minimum absolute atomic E-state index is 0.00269. The summed E-state index contributed by atoms with van der Waals surface area (Å²) in [6.45, 7) is 0. The van der Waals surface area contributed by atoms with E-state index in [-0.39, 0.29) is 11.8 Å². The first-order valence-electron chi connectivity index (χ1n) is 6.29. The Balaban J connectivity index is 2.01. The summed E-state index contributed by atoms with van der Waals surface area (Å²) in [4.78, 5) is 21.9. The molecular weight excluding hydrogens is 246 g/mol. The molecule has 1 fully saturated rings. The molecule has 0 aromatic heterocycles. The van der Waals surface area contributed by atoms with Crippen molar-refractivity contribution in [1.29, 1.82) is 0 Å². The average Bonchev–Trinajstić information content (AvgIpc) is 2.89. The number of hydrogen-bond acceptors (Lipinski definition) is 4. The normalized spacial score (nSPS) is 15.8. The first-order valence-corrected chi connectivity index (χ1v) is 6.29. The van der Waals surface area contributed by atoms with Gasteiger partial charge >= 0.3 is 5.97 Å². The second-order valence-corrected chi connectivity index (χ2v) is 4.49. The molecule has 100 valence electrons. The molecule has 5 nitrogen and oxygen atoms in total. The van der Waals surface area contributed by atoms with Crippen LogP contribution in [0.5, 0.6) is 0 Å². The van der Waals surface area contributed by atoms with Gasteiger partial charge in [0, 0.05) is 12.1 Å².